The summed E-state index contributed by atoms with van der Waals surface area (Å²) in [5.74, 6) is 0.976. The molecule has 0 aromatic carbocycles. The molecule has 2 rings (SSSR count). The molecule has 0 aliphatic carbocycles. The van der Waals surface area contributed by atoms with E-state index in [1.165, 1.54) is 0 Å². The van der Waals surface area contributed by atoms with E-state index in [1.807, 2.05) is 19.9 Å². The van der Waals surface area contributed by atoms with Gasteiger partial charge < -0.3 is 20.1 Å². The number of aromatic nitrogens is 2. The van der Waals surface area contributed by atoms with E-state index in [0.717, 1.165) is 57.2 Å². The van der Waals surface area contributed by atoms with Crippen LogP contribution in [0.15, 0.2) is 11.1 Å². The Morgan fingerprint density at radius 2 is 2.00 bits per heavy atom. The van der Waals surface area contributed by atoms with Crippen molar-refractivity contribution in [1.82, 2.24) is 25.5 Å². The average Bonchev–Trinajstić information content (AvgIpc) is 2.65. The molecule has 28 heavy (non-hydrogen) atoms. The lowest BCUT2D eigenvalue weighted by Crippen LogP contribution is -2.44. The molecule has 1 aliphatic heterocycles. The van der Waals surface area contributed by atoms with Crippen LogP contribution in [-0.2, 0) is 9.47 Å². The molecule has 10 heteroatoms. The van der Waals surface area contributed by atoms with Gasteiger partial charge >= 0.3 is 0 Å². The molecule has 3 N–H and O–H groups in total. The molecule has 0 spiro atoms. The third kappa shape index (κ3) is 8.87. The molecule has 0 atom stereocenters. The van der Waals surface area contributed by atoms with Crippen molar-refractivity contribution < 1.29 is 9.47 Å². The second-order valence-electron chi connectivity index (χ2n) is 6.51. The van der Waals surface area contributed by atoms with Crippen LogP contribution in [0, 0.1) is 13.8 Å². The van der Waals surface area contributed by atoms with E-state index in [9.17, 15) is 0 Å². The van der Waals surface area contributed by atoms with Gasteiger partial charge in [-0.3, -0.25) is 15.2 Å². The molecular weight excluding hydrogens is 378 g/mol. The number of morpholine rings is 1. The number of hydrogen-bond donors (Lipinski definition) is 3. The highest BCUT2D eigenvalue weighted by Crippen LogP contribution is 2.03. The molecule has 9 nitrogen and oxygen atoms in total. The normalized spacial score (nSPS) is 15.3. The Balaban J connectivity index is 1.81. The molecule has 1 saturated heterocycles. The predicted octanol–water partition coefficient (Wildman–Crippen LogP) is 0.694. The van der Waals surface area contributed by atoms with Gasteiger partial charge in [-0.15, -0.1) is 0 Å². The van der Waals surface area contributed by atoms with Crippen molar-refractivity contribution in [2.24, 2.45) is 4.99 Å². The van der Waals surface area contributed by atoms with Gasteiger partial charge in [0.05, 0.1) is 26.4 Å². The molecule has 1 aromatic rings. The number of aliphatic imine (C=N–C) groups is 1. The zero-order valence-electron chi connectivity index (χ0n) is 17.0. The number of anilines is 1. The third-order valence-electron chi connectivity index (χ3n) is 4.05. The molecule has 2 heterocycles. The van der Waals surface area contributed by atoms with Gasteiger partial charge in [0.15, 0.2) is 5.11 Å². The van der Waals surface area contributed by atoms with Crippen molar-refractivity contribution in [1.29, 1.82) is 0 Å². The summed E-state index contributed by atoms with van der Waals surface area (Å²) in [6.45, 7) is 10.3. The van der Waals surface area contributed by atoms with Gasteiger partial charge in [0.1, 0.15) is 0 Å². The zero-order chi connectivity index (χ0) is 20.2. The minimum atomic E-state index is 0.483. The maximum atomic E-state index is 5.40. The summed E-state index contributed by atoms with van der Waals surface area (Å²) in [5, 5.41) is 9.93. The summed E-state index contributed by atoms with van der Waals surface area (Å²) < 4.78 is 10.4. The number of aryl methyl sites for hydroxylation is 2. The van der Waals surface area contributed by atoms with E-state index < -0.39 is 0 Å². The van der Waals surface area contributed by atoms with E-state index in [2.05, 4.69) is 35.8 Å². The van der Waals surface area contributed by atoms with Crippen molar-refractivity contribution >= 4 is 29.2 Å². The van der Waals surface area contributed by atoms with Gasteiger partial charge in [-0.05, 0) is 45.1 Å². The Morgan fingerprint density at radius 1 is 1.29 bits per heavy atom. The van der Waals surface area contributed by atoms with Crippen LogP contribution in [0.1, 0.15) is 17.8 Å². The van der Waals surface area contributed by atoms with E-state index in [0.29, 0.717) is 30.2 Å². The van der Waals surface area contributed by atoms with E-state index >= 15 is 0 Å². The smallest absolute Gasteiger partial charge is 0.229 e. The molecule has 0 unspecified atom stereocenters. The first kappa shape index (κ1) is 22.4. The minimum Gasteiger partial charge on any atom is -0.383 e. The second-order valence-corrected chi connectivity index (χ2v) is 6.92. The fraction of sp³-hybridized carbons (Fsp3) is 0.667. The van der Waals surface area contributed by atoms with Crippen LogP contribution >= 0.6 is 12.2 Å². The number of methoxy groups -OCH3 is 1. The number of ether oxygens (including phenoxy) is 2. The SMILES string of the molecule is COCCN=C(NC(=S)NCCCN1CCOCC1)Nc1nc(C)cc(C)n1. The van der Waals surface area contributed by atoms with Crippen LogP contribution in [-0.4, -0.2) is 85.6 Å². The first-order valence-electron chi connectivity index (χ1n) is 9.54. The van der Waals surface area contributed by atoms with Gasteiger partial charge in [0.2, 0.25) is 11.9 Å². The fourth-order valence-electron chi connectivity index (χ4n) is 2.73. The number of nitrogens with one attached hydrogen (secondary N) is 3. The van der Waals surface area contributed by atoms with E-state index in [-0.39, 0.29) is 0 Å². The highest BCUT2D eigenvalue weighted by Gasteiger charge is 2.10. The van der Waals surface area contributed by atoms with Crippen LogP contribution in [0.4, 0.5) is 5.95 Å². The number of rotatable bonds is 8. The molecule has 0 bridgehead atoms. The number of guanidine groups is 1. The third-order valence-corrected chi connectivity index (χ3v) is 4.30. The Morgan fingerprint density at radius 3 is 2.68 bits per heavy atom. The Labute approximate surface area is 172 Å². The topological polar surface area (TPSA) is 95.9 Å². The minimum absolute atomic E-state index is 0.483. The molecule has 156 valence electrons. The van der Waals surface area contributed by atoms with Crippen molar-refractivity contribution in [3.8, 4) is 0 Å². The summed E-state index contributed by atoms with van der Waals surface area (Å²) in [6.07, 6.45) is 1.01. The largest absolute Gasteiger partial charge is 0.383 e. The second kappa shape index (κ2) is 12.6. The number of nitrogens with zero attached hydrogens (tertiary/aromatic N) is 4. The lowest BCUT2D eigenvalue weighted by atomic mass is 10.3. The number of hydrogen-bond acceptors (Lipinski definition) is 7. The van der Waals surface area contributed by atoms with E-state index in [1.54, 1.807) is 7.11 Å². The lowest BCUT2D eigenvalue weighted by molar-refractivity contribution is 0.0376. The molecular formula is C18H31N7O2S. The average molecular weight is 410 g/mol. The Kier molecular flexibility index (Phi) is 10.0. The van der Waals surface area contributed by atoms with Crippen LogP contribution in [0.25, 0.3) is 0 Å². The first-order chi connectivity index (χ1) is 13.6. The van der Waals surface area contributed by atoms with E-state index in [4.69, 9.17) is 21.7 Å². The van der Waals surface area contributed by atoms with Crippen molar-refractivity contribution in [3.63, 3.8) is 0 Å². The van der Waals surface area contributed by atoms with Gasteiger partial charge in [0, 0.05) is 38.1 Å². The summed E-state index contributed by atoms with van der Waals surface area (Å²) in [5.41, 5.74) is 1.77. The molecule has 0 amide bonds. The van der Waals surface area contributed by atoms with Gasteiger partial charge in [-0.1, -0.05) is 0 Å². The highest BCUT2D eigenvalue weighted by molar-refractivity contribution is 7.80. The lowest BCUT2D eigenvalue weighted by Gasteiger charge is -2.26. The maximum absolute atomic E-state index is 5.40. The van der Waals surface area contributed by atoms with Gasteiger partial charge in [-0.25, -0.2) is 9.97 Å². The summed E-state index contributed by atoms with van der Waals surface area (Å²) in [6, 6.07) is 1.92. The summed E-state index contributed by atoms with van der Waals surface area (Å²) in [7, 11) is 1.64. The molecule has 1 aliphatic rings. The van der Waals surface area contributed by atoms with Crippen LogP contribution in [0.5, 0.6) is 0 Å². The maximum Gasteiger partial charge on any atom is 0.229 e. The summed E-state index contributed by atoms with van der Waals surface area (Å²) in [4.78, 5) is 15.6. The molecule has 1 aromatic heterocycles. The van der Waals surface area contributed by atoms with Crippen LogP contribution in [0.3, 0.4) is 0 Å². The van der Waals surface area contributed by atoms with Crippen LogP contribution < -0.4 is 16.0 Å². The summed E-state index contributed by atoms with van der Waals surface area (Å²) >= 11 is 5.40. The molecule has 0 radical (unpaired) electrons. The Hall–Kier alpha value is -1.88. The predicted molar refractivity (Wildman–Crippen MR) is 115 cm³/mol. The highest BCUT2D eigenvalue weighted by atomic mass is 32.1. The van der Waals surface area contributed by atoms with Crippen molar-refractivity contribution in [3.05, 3.63) is 17.5 Å². The van der Waals surface area contributed by atoms with Gasteiger partial charge in [-0.2, -0.15) is 0 Å². The monoisotopic (exact) mass is 409 g/mol. The quantitative estimate of drug-likeness (QED) is 0.248. The first-order valence-corrected chi connectivity index (χ1v) is 9.95. The van der Waals surface area contributed by atoms with Gasteiger partial charge in [0.25, 0.3) is 0 Å². The standard InChI is InChI=1S/C18H31N7O2S/c1-14-13-15(2)22-17(21-14)23-16(19-6-10-26-3)24-18(28)20-5-4-7-25-8-11-27-12-9-25/h13H,4-12H2,1-3H3,(H3,19,20,21,22,23,24,28). The van der Waals surface area contributed by atoms with Crippen molar-refractivity contribution in [2.45, 2.75) is 20.3 Å². The molecule has 1 fully saturated rings. The Bertz CT molecular complexity index is 631. The zero-order valence-corrected chi connectivity index (χ0v) is 17.8. The molecule has 0 saturated carbocycles. The fourth-order valence-corrected chi connectivity index (χ4v) is 2.93. The van der Waals surface area contributed by atoms with Crippen LogP contribution in [0.2, 0.25) is 0 Å². The number of thiocarbonyl (C=S) groups is 1. The van der Waals surface area contributed by atoms with Crippen molar-refractivity contribution in [2.75, 3.05) is 65.0 Å².